The largest absolute Gasteiger partial charge is 0.478 e. The molecule has 194 valence electrons. The molecule has 0 spiro atoms. The van der Waals surface area contributed by atoms with Gasteiger partial charge in [0.05, 0.1) is 5.56 Å². The van der Waals surface area contributed by atoms with Crippen molar-refractivity contribution in [2.24, 2.45) is 0 Å². The lowest BCUT2D eigenvalue weighted by Crippen LogP contribution is -2.43. The smallest absolute Gasteiger partial charge is 0.335 e. The summed E-state index contributed by atoms with van der Waals surface area (Å²) in [6, 6.07) is 23.0. The number of aromatic carboxylic acids is 1. The second-order valence-corrected chi connectivity index (χ2v) is 10.2. The third kappa shape index (κ3) is 7.78. The van der Waals surface area contributed by atoms with E-state index in [1.54, 1.807) is 18.2 Å². The van der Waals surface area contributed by atoms with Crippen LogP contribution < -0.4 is 5.32 Å². The van der Waals surface area contributed by atoms with E-state index in [1.165, 1.54) is 10.5 Å². The van der Waals surface area contributed by atoms with Crippen molar-refractivity contribution in [2.45, 2.75) is 58.9 Å². The van der Waals surface area contributed by atoms with E-state index in [4.69, 9.17) is 5.41 Å². The van der Waals surface area contributed by atoms with E-state index >= 15 is 0 Å². The van der Waals surface area contributed by atoms with Gasteiger partial charge in [0.1, 0.15) is 5.84 Å². The van der Waals surface area contributed by atoms with Crippen LogP contribution in [0.5, 0.6) is 0 Å². The van der Waals surface area contributed by atoms with Crippen molar-refractivity contribution in [2.75, 3.05) is 6.54 Å². The second kappa shape index (κ2) is 12.3. The third-order valence-electron chi connectivity index (χ3n) is 6.43. The second-order valence-electron chi connectivity index (χ2n) is 10.2. The maximum Gasteiger partial charge on any atom is 0.335 e. The number of rotatable bonds is 9. The lowest BCUT2D eigenvalue weighted by atomic mass is 9.87. The Kier molecular flexibility index (Phi) is 9.23. The summed E-state index contributed by atoms with van der Waals surface area (Å²) in [5.74, 6) is -0.629. The Morgan fingerprint density at radius 3 is 2.16 bits per heavy atom. The lowest BCUT2D eigenvalue weighted by Gasteiger charge is -2.22. The Morgan fingerprint density at radius 2 is 1.57 bits per heavy atom. The fraction of sp³-hybridized carbons (Fsp3) is 0.323. The molecule has 3 rings (SSSR count). The standard InChI is InChI=1S/C31H37N3O3/c1-5-34(30(37)33-21-23-14-18-27(19-15-23)31(2,3)4)28(32)11-6-8-22-12-16-24(17-13-22)25-9-7-10-26(20-25)29(35)36/h7,9-10,12-20,32H,5-6,8,11,21H2,1-4H3,(H,33,37)(H,35,36). The third-order valence-corrected chi connectivity index (χ3v) is 6.43. The minimum atomic E-state index is -0.939. The minimum Gasteiger partial charge on any atom is -0.478 e. The van der Waals surface area contributed by atoms with Crippen LogP contribution in [0.25, 0.3) is 11.1 Å². The molecule has 0 fully saturated rings. The van der Waals surface area contributed by atoms with E-state index in [0.717, 1.165) is 35.1 Å². The van der Waals surface area contributed by atoms with Crippen molar-refractivity contribution in [3.63, 3.8) is 0 Å². The molecule has 0 aliphatic heterocycles. The van der Waals surface area contributed by atoms with Gasteiger partial charge in [-0.1, -0.05) is 81.4 Å². The highest BCUT2D eigenvalue weighted by Gasteiger charge is 2.17. The van der Waals surface area contributed by atoms with Crippen molar-refractivity contribution in [3.05, 3.63) is 95.1 Å². The van der Waals surface area contributed by atoms with Gasteiger partial charge in [0.25, 0.3) is 0 Å². The molecule has 0 aliphatic carbocycles. The predicted octanol–water partition coefficient (Wildman–Crippen LogP) is 6.88. The van der Waals surface area contributed by atoms with Crippen LogP contribution in [0.3, 0.4) is 0 Å². The van der Waals surface area contributed by atoms with Crippen LogP contribution in [0.1, 0.15) is 67.6 Å². The number of benzene rings is 3. The maximum absolute atomic E-state index is 12.7. The first-order valence-electron chi connectivity index (χ1n) is 12.7. The highest BCUT2D eigenvalue weighted by Crippen LogP contribution is 2.23. The van der Waals surface area contributed by atoms with Crippen molar-refractivity contribution in [1.29, 1.82) is 5.41 Å². The number of carboxylic acid groups (broad SMARTS) is 1. The first-order chi connectivity index (χ1) is 17.6. The van der Waals surface area contributed by atoms with Gasteiger partial charge in [-0.25, -0.2) is 9.59 Å². The SMILES string of the molecule is CCN(C(=N)CCCc1ccc(-c2cccc(C(=O)O)c2)cc1)C(=O)NCc1ccc(C(C)(C)C)cc1. The van der Waals surface area contributed by atoms with Gasteiger partial charge in [-0.2, -0.15) is 0 Å². The van der Waals surface area contributed by atoms with Gasteiger partial charge in [0, 0.05) is 19.5 Å². The summed E-state index contributed by atoms with van der Waals surface area (Å²) in [5.41, 5.74) is 5.60. The molecular formula is C31H37N3O3. The lowest BCUT2D eigenvalue weighted by molar-refractivity contribution is 0.0697. The molecule has 0 atom stereocenters. The molecule has 3 aromatic rings. The number of urea groups is 1. The van der Waals surface area contributed by atoms with Gasteiger partial charge in [-0.3, -0.25) is 10.3 Å². The molecule has 0 heterocycles. The normalized spacial score (nSPS) is 11.1. The molecule has 0 unspecified atom stereocenters. The Morgan fingerprint density at radius 1 is 0.919 bits per heavy atom. The number of hydrogen-bond donors (Lipinski definition) is 3. The molecule has 2 amide bonds. The molecule has 0 radical (unpaired) electrons. The van der Waals surface area contributed by atoms with Crippen LogP contribution >= 0.6 is 0 Å². The predicted molar refractivity (Wildman–Crippen MR) is 149 cm³/mol. The molecule has 0 bridgehead atoms. The van der Waals surface area contributed by atoms with Crippen LogP contribution in [-0.2, 0) is 18.4 Å². The Bertz CT molecular complexity index is 1230. The average molecular weight is 500 g/mol. The van der Waals surface area contributed by atoms with Crippen molar-refractivity contribution in [1.82, 2.24) is 10.2 Å². The number of carbonyl (C=O) groups is 2. The van der Waals surface area contributed by atoms with E-state index in [9.17, 15) is 14.7 Å². The van der Waals surface area contributed by atoms with Crippen LogP contribution in [-0.4, -0.2) is 34.4 Å². The average Bonchev–Trinajstić information content (AvgIpc) is 2.88. The zero-order chi connectivity index (χ0) is 27.0. The summed E-state index contributed by atoms with van der Waals surface area (Å²) in [6.45, 7) is 9.27. The number of carboxylic acids is 1. The van der Waals surface area contributed by atoms with Gasteiger partial charge >= 0.3 is 12.0 Å². The van der Waals surface area contributed by atoms with Crippen LogP contribution in [0.4, 0.5) is 4.79 Å². The summed E-state index contributed by atoms with van der Waals surface area (Å²) in [6.07, 6.45) is 2.05. The Labute approximate surface area is 219 Å². The zero-order valence-electron chi connectivity index (χ0n) is 22.2. The molecule has 0 aromatic heterocycles. The van der Waals surface area contributed by atoms with Crippen molar-refractivity contribution < 1.29 is 14.7 Å². The zero-order valence-corrected chi connectivity index (χ0v) is 22.2. The molecule has 37 heavy (non-hydrogen) atoms. The van der Waals surface area contributed by atoms with Gasteiger partial charge < -0.3 is 10.4 Å². The fourth-order valence-electron chi connectivity index (χ4n) is 4.14. The molecule has 0 saturated heterocycles. The molecule has 0 saturated carbocycles. The van der Waals surface area contributed by atoms with Crippen molar-refractivity contribution in [3.8, 4) is 11.1 Å². The topological polar surface area (TPSA) is 93.5 Å². The minimum absolute atomic E-state index is 0.0891. The number of aryl methyl sites for hydroxylation is 1. The van der Waals surface area contributed by atoms with Gasteiger partial charge in [0.15, 0.2) is 0 Å². The number of hydrogen-bond acceptors (Lipinski definition) is 3. The maximum atomic E-state index is 12.7. The molecule has 3 N–H and O–H groups in total. The summed E-state index contributed by atoms with van der Waals surface area (Å²) < 4.78 is 0. The Hall–Kier alpha value is -3.93. The van der Waals surface area contributed by atoms with Crippen molar-refractivity contribution >= 4 is 17.8 Å². The van der Waals surface area contributed by atoms with Gasteiger partial charge in [-0.05, 0) is 65.1 Å². The quantitative estimate of drug-likeness (QED) is 0.221. The summed E-state index contributed by atoms with van der Waals surface area (Å²) in [5, 5.41) is 20.6. The molecule has 6 heteroatoms. The molecule has 3 aromatic carbocycles. The van der Waals surface area contributed by atoms with E-state index in [2.05, 4.69) is 38.2 Å². The van der Waals surface area contributed by atoms with E-state index in [-0.39, 0.29) is 17.0 Å². The van der Waals surface area contributed by atoms with E-state index in [0.29, 0.717) is 25.3 Å². The number of amidine groups is 1. The van der Waals surface area contributed by atoms with Crippen LogP contribution in [0.2, 0.25) is 0 Å². The fourth-order valence-corrected chi connectivity index (χ4v) is 4.14. The first-order valence-corrected chi connectivity index (χ1v) is 12.7. The van der Waals surface area contributed by atoms with E-state index in [1.807, 2.05) is 49.4 Å². The molecule has 0 aliphatic rings. The molecular weight excluding hydrogens is 462 g/mol. The monoisotopic (exact) mass is 499 g/mol. The first kappa shape index (κ1) is 27.7. The van der Waals surface area contributed by atoms with Gasteiger partial charge in [-0.15, -0.1) is 0 Å². The summed E-state index contributed by atoms with van der Waals surface area (Å²) in [4.78, 5) is 25.4. The van der Waals surface area contributed by atoms with Crippen LogP contribution in [0, 0.1) is 5.41 Å². The van der Waals surface area contributed by atoms with E-state index < -0.39 is 5.97 Å². The number of nitrogens with zero attached hydrogens (tertiary/aromatic N) is 1. The highest BCUT2D eigenvalue weighted by molar-refractivity contribution is 5.95. The summed E-state index contributed by atoms with van der Waals surface area (Å²) in [7, 11) is 0. The Balaban J connectivity index is 1.48. The molecule has 6 nitrogen and oxygen atoms in total. The highest BCUT2D eigenvalue weighted by atomic mass is 16.4. The van der Waals surface area contributed by atoms with Crippen LogP contribution in [0.15, 0.2) is 72.8 Å². The number of amides is 2. The number of carbonyl (C=O) groups excluding carboxylic acids is 1. The summed E-state index contributed by atoms with van der Waals surface area (Å²) >= 11 is 0. The number of nitrogens with one attached hydrogen (secondary N) is 2. The van der Waals surface area contributed by atoms with Gasteiger partial charge in [0.2, 0.25) is 0 Å².